The molecule has 0 amide bonds. The number of aryl methyl sites for hydroxylation is 1. The number of sulfone groups is 1. The molecule has 0 saturated carbocycles. The Morgan fingerprint density at radius 1 is 0.958 bits per heavy atom. The summed E-state index contributed by atoms with van der Waals surface area (Å²) in [6.45, 7) is 1.99. The highest BCUT2D eigenvalue weighted by Crippen LogP contribution is 2.22. The fourth-order valence-corrected chi connectivity index (χ4v) is 3.01. The summed E-state index contributed by atoms with van der Waals surface area (Å²) in [7, 11) is -3.26. The zero-order valence-corrected chi connectivity index (χ0v) is 14.1. The van der Waals surface area contributed by atoms with E-state index in [1.54, 1.807) is 16.8 Å². The number of nitrogens with zero attached hydrogens (tertiary/aromatic N) is 2. The van der Waals surface area contributed by atoms with E-state index in [2.05, 4.69) is 5.10 Å². The van der Waals surface area contributed by atoms with Gasteiger partial charge in [-0.3, -0.25) is 4.79 Å². The fraction of sp³-hybridized carbons (Fsp3) is 0.111. The molecule has 0 N–H and O–H groups in total. The van der Waals surface area contributed by atoms with Crippen LogP contribution in [0.25, 0.3) is 16.9 Å². The molecule has 0 atom stereocenters. The molecule has 0 aliphatic carbocycles. The van der Waals surface area contributed by atoms with Crippen molar-refractivity contribution < 1.29 is 8.42 Å². The summed E-state index contributed by atoms with van der Waals surface area (Å²) in [5.74, 6) is 0. The van der Waals surface area contributed by atoms with Crippen LogP contribution < -0.4 is 5.43 Å². The van der Waals surface area contributed by atoms with Crippen LogP contribution in [0.3, 0.4) is 0 Å². The molecule has 122 valence electrons. The first-order valence-corrected chi connectivity index (χ1v) is 9.21. The summed E-state index contributed by atoms with van der Waals surface area (Å²) in [6.07, 6.45) is 2.40. The molecule has 1 heterocycles. The maximum absolute atomic E-state index is 11.7. The summed E-state index contributed by atoms with van der Waals surface area (Å²) in [4.78, 5) is 12.0. The molecule has 0 radical (unpaired) electrons. The van der Waals surface area contributed by atoms with Gasteiger partial charge in [0, 0.05) is 17.9 Å². The third-order valence-corrected chi connectivity index (χ3v) is 4.79. The molecule has 5 nitrogen and oxygen atoms in total. The maximum atomic E-state index is 11.7. The third kappa shape index (κ3) is 3.28. The average Bonchev–Trinajstić information content (AvgIpc) is 2.55. The van der Waals surface area contributed by atoms with Crippen molar-refractivity contribution in [1.29, 1.82) is 0 Å². The molecule has 3 aromatic rings. The first-order valence-electron chi connectivity index (χ1n) is 7.31. The van der Waals surface area contributed by atoms with E-state index < -0.39 is 9.84 Å². The zero-order valence-electron chi connectivity index (χ0n) is 13.3. The van der Waals surface area contributed by atoms with Gasteiger partial charge in [0.05, 0.1) is 22.5 Å². The van der Waals surface area contributed by atoms with E-state index in [1.165, 1.54) is 24.4 Å². The number of benzene rings is 2. The molecule has 0 spiro atoms. The highest BCUT2D eigenvalue weighted by molar-refractivity contribution is 7.90. The van der Waals surface area contributed by atoms with Gasteiger partial charge in [0.15, 0.2) is 9.84 Å². The topological polar surface area (TPSA) is 69.0 Å². The molecule has 0 bridgehead atoms. The highest BCUT2D eigenvalue weighted by Gasteiger charge is 2.10. The Morgan fingerprint density at radius 3 is 2.17 bits per heavy atom. The summed E-state index contributed by atoms with van der Waals surface area (Å²) >= 11 is 0. The van der Waals surface area contributed by atoms with Gasteiger partial charge in [0.2, 0.25) is 5.43 Å². The quantitative estimate of drug-likeness (QED) is 0.735. The van der Waals surface area contributed by atoms with Gasteiger partial charge in [-0.2, -0.15) is 5.10 Å². The van der Waals surface area contributed by atoms with Gasteiger partial charge in [-0.1, -0.05) is 29.8 Å². The molecule has 24 heavy (non-hydrogen) atoms. The molecule has 6 heteroatoms. The summed E-state index contributed by atoms with van der Waals surface area (Å²) in [6, 6.07) is 15.7. The Labute approximate surface area is 140 Å². The molecule has 0 aliphatic heterocycles. The summed E-state index contributed by atoms with van der Waals surface area (Å²) < 4.78 is 24.8. The lowest BCUT2D eigenvalue weighted by Crippen LogP contribution is -2.11. The SMILES string of the molecule is Cc1ccc(-c2cc(=O)cnn2-c2ccc(S(C)(=O)=O)cc2)cc1. The minimum absolute atomic E-state index is 0.186. The summed E-state index contributed by atoms with van der Waals surface area (Å²) in [5.41, 5.74) is 3.12. The Morgan fingerprint density at radius 2 is 1.58 bits per heavy atom. The van der Waals surface area contributed by atoms with E-state index in [0.29, 0.717) is 11.4 Å². The van der Waals surface area contributed by atoms with Crippen LogP contribution in [0.5, 0.6) is 0 Å². The molecular formula is C18H16N2O3S. The molecule has 0 fully saturated rings. The van der Waals surface area contributed by atoms with Gasteiger partial charge < -0.3 is 0 Å². The van der Waals surface area contributed by atoms with Crippen LogP contribution in [0.4, 0.5) is 0 Å². The van der Waals surface area contributed by atoms with E-state index >= 15 is 0 Å². The Kier molecular flexibility index (Phi) is 4.07. The van der Waals surface area contributed by atoms with Crippen LogP contribution in [0.2, 0.25) is 0 Å². The Hall–Kier alpha value is -2.73. The van der Waals surface area contributed by atoms with Gasteiger partial charge in [0.1, 0.15) is 0 Å². The van der Waals surface area contributed by atoms with Gasteiger partial charge in [-0.15, -0.1) is 0 Å². The fourth-order valence-electron chi connectivity index (χ4n) is 2.38. The van der Waals surface area contributed by atoms with Crippen molar-refractivity contribution in [2.45, 2.75) is 11.8 Å². The number of hydrogen-bond donors (Lipinski definition) is 0. The van der Waals surface area contributed by atoms with Gasteiger partial charge >= 0.3 is 0 Å². The second-order valence-electron chi connectivity index (χ2n) is 5.62. The lowest BCUT2D eigenvalue weighted by molar-refractivity contribution is 0.602. The van der Waals surface area contributed by atoms with E-state index in [0.717, 1.165) is 17.4 Å². The monoisotopic (exact) mass is 340 g/mol. The Balaban J connectivity index is 2.15. The summed E-state index contributed by atoms with van der Waals surface area (Å²) in [5, 5.41) is 4.19. The molecule has 2 aromatic carbocycles. The van der Waals surface area contributed by atoms with Gasteiger partial charge in [-0.25, -0.2) is 13.1 Å². The van der Waals surface area contributed by atoms with Crippen LogP contribution >= 0.6 is 0 Å². The van der Waals surface area contributed by atoms with Gasteiger partial charge in [-0.05, 0) is 31.2 Å². The van der Waals surface area contributed by atoms with Crippen molar-refractivity contribution in [2.24, 2.45) is 0 Å². The largest absolute Gasteiger partial charge is 0.288 e. The van der Waals surface area contributed by atoms with E-state index in [1.807, 2.05) is 31.2 Å². The maximum Gasteiger partial charge on any atom is 0.200 e. The highest BCUT2D eigenvalue weighted by atomic mass is 32.2. The van der Waals surface area contributed by atoms with Crippen molar-refractivity contribution >= 4 is 9.84 Å². The molecule has 3 rings (SSSR count). The minimum atomic E-state index is -3.26. The van der Waals surface area contributed by atoms with Crippen LogP contribution in [0.1, 0.15) is 5.56 Å². The first kappa shape index (κ1) is 16.1. The predicted octanol–water partition coefficient (Wildman–Crippen LogP) is 2.61. The van der Waals surface area contributed by atoms with Crippen LogP contribution in [-0.4, -0.2) is 24.5 Å². The molecule has 0 aliphatic rings. The molecule has 0 saturated heterocycles. The lowest BCUT2D eigenvalue weighted by Gasteiger charge is -2.12. The normalized spacial score (nSPS) is 11.4. The third-order valence-electron chi connectivity index (χ3n) is 3.66. The van der Waals surface area contributed by atoms with Crippen molar-refractivity contribution in [3.05, 3.63) is 76.6 Å². The van der Waals surface area contributed by atoms with Crippen LogP contribution in [0.15, 0.2) is 70.5 Å². The zero-order chi connectivity index (χ0) is 17.3. The standard InChI is InChI=1S/C18H16N2O3S/c1-13-3-5-14(6-4-13)18-11-16(21)12-19-20(18)15-7-9-17(10-8-15)24(2,22)23/h3-12H,1-2H3. The van der Waals surface area contributed by atoms with Crippen LogP contribution in [0, 0.1) is 6.92 Å². The van der Waals surface area contributed by atoms with E-state index in [-0.39, 0.29) is 10.3 Å². The molecule has 1 aromatic heterocycles. The molecule has 0 unspecified atom stereocenters. The lowest BCUT2D eigenvalue weighted by atomic mass is 10.1. The second kappa shape index (κ2) is 6.05. The van der Waals surface area contributed by atoms with Crippen molar-refractivity contribution in [3.8, 4) is 16.9 Å². The predicted molar refractivity (Wildman–Crippen MR) is 93.1 cm³/mol. The minimum Gasteiger partial charge on any atom is -0.288 e. The van der Waals surface area contributed by atoms with E-state index in [4.69, 9.17) is 0 Å². The van der Waals surface area contributed by atoms with E-state index in [9.17, 15) is 13.2 Å². The Bertz CT molecular complexity index is 1030. The van der Waals surface area contributed by atoms with Crippen LogP contribution in [-0.2, 0) is 9.84 Å². The number of aromatic nitrogens is 2. The van der Waals surface area contributed by atoms with Crippen molar-refractivity contribution in [1.82, 2.24) is 9.78 Å². The van der Waals surface area contributed by atoms with Crippen molar-refractivity contribution in [3.63, 3.8) is 0 Å². The smallest absolute Gasteiger partial charge is 0.200 e. The molecular weight excluding hydrogens is 324 g/mol. The number of hydrogen-bond acceptors (Lipinski definition) is 4. The second-order valence-corrected chi connectivity index (χ2v) is 7.64. The van der Waals surface area contributed by atoms with Crippen molar-refractivity contribution in [2.75, 3.05) is 6.26 Å². The number of rotatable bonds is 3. The van der Waals surface area contributed by atoms with Gasteiger partial charge in [0.25, 0.3) is 0 Å². The first-order chi connectivity index (χ1) is 11.3. The average molecular weight is 340 g/mol.